The maximum atomic E-state index is 14.5. The van der Waals surface area contributed by atoms with Gasteiger partial charge in [0.25, 0.3) is 0 Å². The number of benzodiazepines with no additional fused rings is 1. The summed E-state index contributed by atoms with van der Waals surface area (Å²) in [6.45, 7) is -0.177. The lowest BCUT2D eigenvalue weighted by Gasteiger charge is -2.20. The second kappa shape index (κ2) is 7.21. The molecule has 1 amide bonds. The van der Waals surface area contributed by atoms with Crippen molar-refractivity contribution in [2.24, 2.45) is 4.99 Å². The van der Waals surface area contributed by atoms with Gasteiger partial charge in [0.05, 0.1) is 38.3 Å². The van der Waals surface area contributed by atoms with Crippen LogP contribution in [0, 0.1) is 5.82 Å². The number of carbonyl (C=O) groups is 1. The van der Waals surface area contributed by atoms with Crippen molar-refractivity contribution in [1.82, 2.24) is 0 Å². The monoisotopic (exact) mass is 378 g/mol. The van der Waals surface area contributed by atoms with Crippen LogP contribution in [0.15, 0.2) is 29.3 Å². The third-order valence-electron chi connectivity index (χ3n) is 3.91. The Balaban J connectivity index is 2.37. The van der Waals surface area contributed by atoms with Crippen LogP contribution >= 0.6 is 11.6 Å². The summed E-state index contributed by atoms with van der Waals surface area (Å²) in [7, 11) is 4.36. The number of halogens is 2. The number of fused-ring (bicyclic) bond motifs is 1. The van der Waals surface area contributed by atoms with Crippen LogP contribution in [-0.2, 0) is 4.79 Å². The van der Waals surface area contributed by atoms with E-state index in [-0.39, 0.29) is 29.5 Å². The molecule has 26 heavy (non-hydrogen) atoms. The molecule has 2 aromatic rings. The molecular formula is C18H16ClFN2O4. The number of ether oxygens (including phenoxy) is 3. The van der Waals surface area contributed by atoms with Gasteiger partial charge in [-0.1, -0.05) is 11.6 Å². The van der Waals surface area contributed by atoms with Gasteiger partial charge in [-0.3, -0.25) is 9.79 Å². The van der Waals surface area contributed by atoms with Crippen LogP contribution in [0.2, 0.25) is 5.02 Å². The maximum absolute atomic E-state index is 14.5. The van der Waals surface area contributed by atoms with Gasteiger partial charge in [0.15, 0.2) is 11.5 Å². The minimum Gasteiger partial charge on any atom is -0.493 e. The number of amides is 1. The van der Waals surface area contributed by atoms with Gasteiger partial charge in [-0.2, -0.15) is 0 Å². The molecule has 0 unspecified atom stereocenters. The molecule has 2 aromatic carbocycles. The van der Waals surface area contributed by atoms with Crippen molar-refractivity contribution in [2.45, 2.75) is 0 Å². The number of nitrogens with one attached hydrogen (secondary N) is 1. The summed E-state index contributed by atoms with van der Waals surface area (Å²) in [5.41, 5.74) is 1.15. The lowest BCUT2D eigenvalue weighted by atomic mass is 9.98. The summed E-state index contributed by atoms with van der Waals surface area (Å²) in [6, 6.07) is 5.71. The average molecular weight is 379 g/mol. The number of benzene rings is 2. The highest BCUT2D eigenvalue weighted by Crippen LogP contribution is 2.45. The zero-order valence-electron chi connectivity index (χ0n) is 14.4. The first-order chi connectivity index (χ1) is 12.5. The van der Waals surface area contributed by atoms with Crippen molar-refractivity contribution < 1.29 is 23.4 Å². The topological polar surface area (TPSA) is 69.1 Å². The van der Waals surface area contributed by atoms with E-state index in [0.29, 0.717) is 27.8 Å². The summed E-state index contributed by atoms with van der Waals surface area (Å²) < 4.78 is 30.7. The van der Waals surface area contributed by atoms with Gasteiger partial charge in [0.2, 0.25) is 11.7 Å². The highest BCUT2D eigenvalue weighted by Gasteiger charge is 2.29. The summed E-state index contributed by atoms with van der Waals surface area (Å²) >= 11 is 6.03. The van der Waals surface area contributed by atoms with Crippen molar-refractivity contribution in [3.05, 3.63) is 46.2 Å². The zero-order chi connectivity index (χ0) is 18.8. The van der Waals surface area contributed by atoms with Crippen LogP contribution in [0.3, 0.4) is 0 Å². The highest BCUT2D eigenvalue weighted by atomic mass is 35.5. The van der Waals surface area contributed by atoms with Gasteiger partial charge in [-0.15, -0.1) is 0 Å². The van der Waals surface area contributed by atoms with Crippen LogP contribution in [0.4, 0.5) is 10.1 Å². The van der Waals surface area contributed by atoms with Crippen molar-refractivity contribution in [2.75, 3.05) is 33.2 Å². The van der Waals surface area contributed by atoms with Crippen molar-refractivity contribution in [3.8, 4) is 17.2 Å². The standard InChI is InChI=1S/C18H16ClFN2O4/c1-24-13-7-12-15(18(26-3)17(13)25-2)16(21-8-14(23)22-12)10-6-9(19)4-5-11(10)20/h4-7H,8H2,1-3H3,(H,22,23). The molecule has 0 aromatic heterocycles. The molecule has 0 fully saturated rings. The molecule has 0 atom stereocenters. The van der Waals surface area contributed by atoms with Gasteiger partial charge in [-0.05, 0) is 18.2 Å². The lowest BCUT2D eigenvalue weighted by Crippen LogP contribution is -2.14. The Labute approximate surface area is 154 Å². The second-order valence-electron chi connectivity index (χ2n) is 5.41. The summed E-state index contributed by atoms with van der Waals surface area (Å²) in [5.74, 6) is 0.0571. The Morgan fingerprint density at radius 2 is 1.85 bits per heavy atom. The highest BCUT2D eigenvalue weighted by molar-refractivity contribution is 6.31. The molecule has 6 nitrogen and oxygen atoms in total. The molecule has 1 aliphatic heterocycles. The second-order valence-corrected chi connectivity index (χ2v) is 5.84. The number of hydrogen-bond acceptors (Lipinski definition) is 5. The minimum absolute atomic E-state index is 0.153. The van der Waals surface area contributed by atoms with Crippen LogP contribution in [0.1, 0.15) is 11.1 Å². The van der Waals surface area contributed by atoms with Gasteiger partial charge >= 0.3 is 0 Å². The SMILES string of the molecule is COc1cc2c(c(OC)c1OC)C(c1cc(Cl)ccc1F)=NCC(=O)N2. The maximum Gasteiger partial charge on any atom is 0.246 e. The van der Waals surface area contributed by atoms with E-state index in [1.807, 2.05) is 0 Å². The molecule has 1 heterocycles. The van der Waals surface area contributed by atoms with Crippen LogP contribution in [0.5, 0.6) is 17.2 Å². The van der Waals surface area contributed by atoms with Gasteiger partial charge < -0.3 is 19.5 Å². The van der Waals surface area contributed by atoms with Gasteiger partial charge in [0, 0.05) is 16.7 Å². The van der Waals surface area contributed by atoms with Crippen molar-refractivity contribution in [1.29, 1.82) is 0 Å². The number of carbonyl (C=O) groups excluding carboxylic acids is 1. The van der Waals surface area contributed by atoms with Crippen LogP contribution < -0.4 is 19.5 Å². The minimum atomic E-state index is -0.523. The van der Waals surface area contributed by atoms with Crippen LogP contribution in [0.25, 0.3) is 0 Å². The summed E-state index contributed by atoms with van der Waals surface area (Å²) in [5, 5.41) is 3.07. The van der Waals surface area contributed by atoms with E-state index in [0.717, 1.165) is 0 Å². The predicted octanol–water partition coefficient (Wildman–Crippen LogP) is 3.29. The molecule has 136 valence electrons. The number of anilines is 1. The smallest absolute Gasteiger partial charge is 0.246 e. The molecule has 3 rings (SSSR count). The number of hydrogen-bond donors (Lipinski definition) is 1. The average Bonchev–Trinajstić information content (AvgIpc) is 2.80. The van der Waals surface area contributed by atoms with Crippen molar-refractivity contribution in [3.63, 3.8) is 0 Å². The number of methoxy groups -OCH3 is 3. The van der Waals surface area contributed by atoms with E-state index in [4.69, 9.17) is 25.8 Å². The Morgan fingerprint density at radius 3 is 2.50 bits per heavy atom. The first kappa shape index (κ1) is 18.0. The van der Waals surface area contributed by atoms with E-state index in [9.17, 15) is 9.18 Å². The molecule has 0 bridgehead atoms. The fourth-order valence-electron chi connectivity index (χ4n) is 2.81. The third kappa shape index (κ3) is 3.06. The molecule has 8 heteroatoms. The Hall–Kier alpha value is -2.80. The molecular weight excluding hydrogens is 363 g/mol. The van der Waals surface area contributed by atoms with E-state index in [2.05, 4.69) is 10.3 Å². The fourth-order valence-corrected chi connectivity index (χ4v) is 2.98. The van der Waals surface area contributed by atoms with Crippen LogP contribution in [-0.4, -0.2) is 39.5 Å². The Morgan fingerprint density at radius 1 is 1.12 bits per heavy atom. The molecule has 0 saturated heterocycles. The fraction of sp³-hybridized carbons (Fsp3) is 0.222. The molecule has 1 aliphatic rings. The van der Waals surface area contributed by atoms with Gasteiger partial charge in [-0.25, -0.2) is 4.39 Å². The third-order valence-corrected chi connectivity index (χ3v) is 4.14. The quantitative estimate of drug-likeness (QED) is 0.886. The number of nitrogens with zero attached hydrogens (tertiary/aromatic N) is 1. The van der Waals surface area contributed by atoms with E-state index < -0.39 is 5.82 Å². The van der Waals surface area contributed by atoms with E-state index in [1.54, 1.807) is 6.07 Å². The summed E-state index contributed by atoms with van der Waals surface area (Å²) in [4.78, 5) is 16.4. The number of rotatable bonds is 4. The van der Waals surface area contributed by atoms with Gasteiger partial charge in [0.1, 0.15) is 12.4 Å². The lowest BCUT2D eigenvalue weighted by molar-refractivity contribution is -0.114. The first-order valence-electron chi connectivity index (χ1n) is 7.63. The number of aliphatic imine (C=N–C) groups is 1. The Kier molecular flexibility index (Phi) is 4.99. The normalized spacial score (nSPS) is 13.3. The summed E-state index contributed by atoms with van der Waals surface area (Å²) in [6.07, 6.45) is 0. The predicted molar refractivity (Wildman–Crippen MR) is 96.6 cm³/mol. The molecule has 1 N–H and O–H groups in total. The molecule has 0 saturated carbocycles. The first-order valence-corrected chi connectivity index (χ1v) is 8.01. The Bertz CT molecular complexity index is 915. The largest absolute Gasteiger partial charge is 0.493 e. The molecule has 0 spiro atoms. The molecule has 0 aliphatic carbocycles. The van der Waals surface area contributed by atoms with Crippen molar-refractivity contribution >= 4 is 28.9 Å². The van der Waals surface area contributed by atoms with E-state index >= 15 is 0 Å². The zero-order valence-corrected chi connectivity index (χ0v) is 15.1. The van der Waals surface area contributed by atoms with E-state index in [1.165, 1.54) is 39.5 Å². The molecule has 0 radical (unpaired) electrons.